The lowest BCUT2D eigenvalue weighted by Crippen LogP contribution is -2.40. The lowest BCUT2D eigenvalue weighted by Gasteiger charge is -2.23. The zero-order valence-electron chi connectivity index (χ0n) is 13.9. The molecule has 26 heavy (non-hydrogen) atoms. The maximum atomic E-state index is 13.3. The SMILES string of the molecule is O=C(NCC1CCCN1c1nc2ccccc2o1)c1ccc(F)c(F)c1. The fourth-order valence-corrected chi connectivity index (χ4v) is 3.23. The van der Waals surface area contributed by atoms with Crippen LogP contribution in [0.4, 0.5) is 14.8 Å². The highest BCUT2D eigenvalue weighted by Gasteiger charge is 2.28. The molecule has 0 spiro atoms. The molecule has 1 atom stereocenters. The van der Waals surface area contributed by atoms with Crippen LogP contribution in [0.25, 0.3) is 11.1 Å². The van der Waals surface area contributed by atoms with E-state index in [0.29, 0.717) is 12.6 Å². The van der Waals surface area contributed by atoms with Crippen LogP contribution >= 0.6 is 0 Å². The molecule has 0 aliphatic carbocycles. The summed E-state index contributed by atoms with van der Waals surface area (Å²) in [4.78, 5) is 18.7. The molecule has 1 N–H and O–H groups in total. The average Bonchev–Trinajstić information content (AvgIpc) is 3.27. The van der Waals surface area contributed by atoms with Crippen molar-refractivity contribution in [1.29, 1.82) is 0 Å². The van der Waals surface area contributed by atoms with Gasteiger partial charge in [0.2, 0.25) is 0 Å². The summed E-state index contributed by atoms with van der Waals surface area (Å²) in [6.45, 7) is 1.16. The van der Waals surface area contributed by atoms with Crippen molar-refractivity contribution >= 4 is 23.0 Å². The molecule has 2 heterocycles. The molecule has 0 radical (unpaired) electrons. The van der Waals surface area contributed by atoms with Gasteiger partial charge in [-0.1, -0.05) is 12.1 Å². The van der Waals surface area contributed by atoms with Crippen LogP contribution in [0.3, 0.4) is 0 Å². The number of anilines is 1. The first-order valence-electron chi connectivity index (χ1n) is 8.47. The van der Waals surface area contributed by atoms with Crippen LogP contribution in [0, 0.1) is 11.6 Å². The maximum absolute atomic E-state index is 13.3. The number of carbonyl (C=O) groups excluding carboxylic acids is 1. The van der Waals surface area contributed by atoms with Crippen molar-refractivity contribution in [3.63, 3.8) is 0 Å². The second-order valence-electron chi connectivity index (χ2n) is 6.29. The third kappa shape index (κ3) is 3.12. The molecule has 1 unspecified atom stereocenters. The molecule has 134 valence electrons. The summed E-state index contributed by atoms with van der Waals surface area (Å²) in [6.07, 6.45) is 1.85. The van der Waals surface area contributed by atoms with Crippen molar-refractivity contribution < 1.29 is 18.0 Å². The summed E-state index contributed by atoms with van der Waals surface area (Å²) in [5.74, 6) is -2.44. The van der Waals surface area contributed by atoms with Gasteiger partial charge in [0.05, 0.1) is 6.04 Å². The van der Waals surface area contributed by atoms with Crippen LogP contribution in [-0.2, 0) is 0 Å². The number of oxazole rings is 1. The number of hydrogen-bond acceptors (Lipinski definition) is 4. The van der Waals surface area contributed by atoms with E-state index in [-0.39, 0.29) is 11.6 Å². The quantitative estimate of drug-likeness (QED) is 0.776. The number of benzene rings is 2. The summed E-state index contributed by atoms with van der Waals surface area (Å²) < 4.78 is 32.1. The number of aromatic nitrogens is 1. The number of rotatable bonds is 4. The zero-order chi connectivity index (χ0) is 18.1. The third-order valence-electron chi connectivity index (χ3n) is 4.59. The Kier molecular flexibility index (Phi) is 4.28. The molecule has 1 aliphatic rings. The first-order chi connectivity index (χ1) is 12.6. The van der Waals surface area contributed by atoms with Crippen LogP contribution in [0.5, 0.6) is 0 Å². The summed E-state index contributed by atoms with van der Waals surface area (Å²) in [5.41, 5.74) is 1.60. The zero-order valence-corrected chi connectivity index (χ0v) is 13.9. The molecular formula is C19H17F2N3O2. The first-order valence-corrected chi connectivity index (χ1v) is 8.47. The first kappa shape index (κ1) is 16.5. The number of nitrogens with zero attached hydrogens (tertiary/aromatic N) is 2. The van der Waals surface area contributed by atoms with Crippen molar-refractivity contribution in [3.05, 3.63) is 59.7 Å². The van der Waals surface area contributed by atoms with E-state index in [1.54, 1.807) is 0 Å². The number of fused-ring (bicyclic) bond motifs is 1. The molecule has 1 aliphatic heterocycles. The average molecular weight is 357 g/mol. The number of para-hydroxylation sites is 2. The van der Waals surface area contributed by atoms with Crippen molar-refractivity contribution in [1.82, 2.24) is 10.3 Å². The Bertz CT molecular complexity index is 924. The molecule has 4 rings (SSSR count). The van der Waals surface area contributed by atoms with Gasteiger partial charge in [0.15, 0.2) is 17.2 Å². The monoisotopic (exact) mass is 357 g/mol. The van der Waals surface area contributed by atoms with Gasteiger partial charge >= 0.3 is 0 Å². The van der Waals surface area contributed by atoms with E-state index in [4.69, 9.17) is 4.42 Å². The molecule has 7 heteroatoms. The molecule has 1 amide bonds. The highest BCUT2D eigenvalue weighted by atomic mass is 19.2. The lowest BCUT2D eigenvalue weighted by molar-refractivity contribution is 0.0950. The summed E-state index contributed by atoms with van der Waals surface area (Å²) >= 11 is 0. The van der Waals surface area contributed by atoms with Crippen molar-refractivity contribution in [2.24, 2.45) is 0 Å². The van der Waals surface area contributed by atoms with E-state index in [1.165, 1.54) is 6.07 Å². The summed E-state index contributed by atoms with van der Waals surface area (Å²) in [7, 11) is 0. The van der Waals surface area contributed by atoms with Gasteiger partial charge in [0.25, 0.3) is 11.9 Å². The molecule has 1 saturated heterocycles. The Labute approximate surface area is 148 Å². The van der Waals surface area contributed by atoms with Gasteiger partial charge in [-0.3, -0.25) is 4.79 Å². The van der Waals surface area contributed by atoms with Gasteiger partial charge in [-0.05, 0) is 43.2 Å². The molecule has 0 bridgehead atoms. The van der Waals surface area contributed by atoms with E-state index in [0.717, 1.165) is 42.6 Å². The lowest BCUT2D eigenvalue weighted by atomic mass is 10.2. The largest absolute Gasteiger partial charge is 0.423 e. The Balaban J connectivity index is 1.45. The van der Waals surface area contributed by atoms with Crippen LogP contribution in [0.1, 0.15) is 23.2 Å². The van der Waals surface area contributed by atoms with E-state index in [1.807, 2.05) is 29.2 Å². The molecule has 2 aromatic carbocycles. The molecule has 0 saturated carbocycles. The maximum Gasteiger partial charge on any atom is 0.298 e. The van der Waals surface area contributed by atoms with Gasteiger partial charge in [-0.15, -0.1) is 0 Å². The molecule has 3 aromatic rings. The van der Waals surface area contributed by atoms with E-state index < -0.39 is 17.5 Å². The molecule has 1 aromatic heterocycles. The highest BCUT2D eigenvalue weighted by molar-refractivity contribution is 5.94. The fraction of sp³-hybridized carbons (Fsp3) is 0.263. The van der Waals surface area contributed by atoms with Crippen molar-refractivity contribution in [2.45, 2.75) is 18.9 Å². The Morgan fingerprint density at radius 2 is 2.08 bits per heavy atom. The highest BCUT2D eigenvalue weighted by Crippen LogP contribution is 2.28. The Morgan fingerprint density at radius 1 is 1.23 bits per heavy atom. The third-order valence-corrected chi connectivity index (χ3v) is 4.59. The van der Waals surface area contributed by atoms with Crippen LogP contribution in [-0.4, -0.2) is 30.0 Å². The number of nitrogens with one attached hydrogen (secondary N) is 1. The predicted octanol–water partition coefficient (Wildman–Crippen LogP) is 3.50. The van der Waals surface area contributed by atoms with Gasteiger partial charge in [-0.25, -0.2) is 8.78 Å². The smallest absolute Gasteiger partial charge is 0.298 e. The van der Waals surface area contributed by atoms with Crippen LogP contribution in [0.15, 0.2) is 46.9 Å². The fourth-order valence-electron chi connectivity index (χ4n) is 3.23. The van der Waals surface area contributed by atoms with E-state index in [9.17, 15) is 13.6 Å². The van der Waals surface area contributed by atoms with E-state index >= 15 is 0 Å². The summed E-state index contributed by atoms with van der Waals surface area (Å²) in [5, 5.41) is 2.78. The van der Waals surface area contributed by atoms with Gasteiger partial charge in [0.1, 0.15) is 5.52 Å². The normalized spacial score (nSPS) is 17.0. The predicted molar refractivity (Wildman–Crippen MR) is 93.1 cm³/mol. The number of halogens is 2. The Morgan fingerprint density at radius 3 is 2.88 bits per heavy atom. The molecular weight excluding hydrogens is 340 g/mol. The molecule has 5 nitrogen and oxygen atoms in total. The van der Waals surface area contributed by atoms with Crippen LogP contribution < -0.4 is 10.2 Å². The second-order valence-corrected chi connectivity index (χ2v) is 6.29. The van der Waals surface area contributed by atoms with Crippen molar-refractivity contribution in [2.75, 3.05) is 18.0 Å². The van der Waals surface area contributed by atoms with E-state index in [2.05, 4.69) is 10.3 Å². The topological polar surface area (TPSA) is 58.4 Å². The van der Waals surface area contributed by atoms with Crippen LogP contribution in [0.2, 0.25) is 0 Å². The number of carbonyl (C=O) groups is 1. The minimum atomic E-state index is -1.04. The molecule has 1 fully saturated rings. The standard InChI is InChI=1S/C19H17F2N3O2/c20-14-8-7-12(10-15(14)21)18(25)22-11-13-4-3-9-24(13)19-23-16-5-1-2-6-17(16)26-19/h1-2,5-8,10,13H,3-4,9,11H2,(H,22,25). The number of amides is 1. The minimum Gasteiger partial charge on any atom is -0.423 e. The summed E-state index contributed by atoms with van der Waals surface area (Å²) in [6, 6.07) is 11.2. The number of hydrogen-bond donors (Lipinski definition) is 1. The van der Waals surface area contributed by atoms with Gasteiger partial charge in [0, 0.05) is 18.7 Å². The van der Waals surface area contributed by atoms with Gasteiger partial charge < -0.3 is 14.6 Å². The van der Waals surface area contributed by atoms with Gasteiger partial charge in [-0.2, -0.15) is 4.98 Å². The van der Waals surface area contributed by atoms with Crippen molar-refractivity contribution in [3.8, 4) is 0 Å². The minimum absolute atomic E-state index is 0.0392. The second kappa shape index (κ2) is 6.74. The Hall–Kier alpha value is -2.96.